The summed E-state index contributed by atoms with van der Waals surface area (Å²) >= 11 is 0. The minimum atomic E-state index is -3.11. The maximum absolute atomic E-state index is 11.1. The van der Waals surface area contributed by atoms with E-state index in [1.807, 2.05) is 6.92 Å². The van der Waals surface area contributed by atoms with Crippen molar-refractivity contribution in [2.75, 3.05) is 12.4 Å². The van der Waals surface area contributed by atoms with E-state index in [-0.39, 0.29) is 18.4 Å². The minimum Gasteiger partial charge on any atom is -0.396 e. The Morgan fingerprint density at radius 3 is 2.50 bits per heavy atom. The highest BCUT2D eigenvalue weighted by Crippen LogP contribution is 1.95. The van der Waals surface area contributed by atoms with Crippen LogP contribution >= 0.6 is 0 Å². The van der Waals surface area contributed by atoms with Crippen LogP contribution in [0.2, 0.25) is 0 Å². The van der Waals surface area contributed by atoms with E-state index >= 15 is 0 Å². The zero-order valence-corrected chi connectivity index (χ0v) is 8.39. The van der Waals surface area contributed by atoms with E-state index in [9.17, 15) is 8.42 Å². The third kappa shape index (κ3) is 5.51. The molecule has 0 amide bonds. The van der Waals surface area contributed by atoms with E-state index in [0.29, 0.717) is 12.8 Å². The van der Waals surface area contributed by atoms with Gasteiger partial charge in [0.15, 0.2) is 0 Å². The first-order valence-electron chi connectivity index (χ1n) is 4.12. The van der Waals surface area contributed by atoms with Gasteiger partial charge in [-0.05, 0) is 19.8 Å². The van der Waals surface area contributed by atoms with E-state index < -0.39 is 10.0 Å². The van der Waals surface area contributed by atoms with Gasteiger partial charge < -0.3 is 5.11 Å². The summed E-state index contributed by atoms with van der Waals surface area (Å²) in [5.41, 5.74) is 0. The average molecular weight is 195 g/mol. The fourth-order valence-electron chi connectivity index (χ4n) is 0.887. The predicted molar refractivity (Wildman–Crippen MR) is 48.4 cm³/mol. The lowest BCUT2D eigenvalue weighted by molar-refractivity contribution is 0.275. The Balaban J connectivity index is 3.89. The highest BCUT2D eigenvalue weighted by molar-refractivity contribution is 7.89. The van der Waals surface area contributed by atoms with Crippen molar-refractivity contribution in [2.45, 2.75) is 32.7 Å². The maximum atomic E-state index is 11.1. The van der Waals surface area contributed by atoms with Gasteiger partial charge in [-0.15, -0.1) is 0 Å². The second-order valence-corrected chi connectivity index (χ2v) is 4.72. The molecule has 5 heteroatoms. The Kier molecular flexibility index (Phi) is 5.44. The van der Waals surface area contributed by atoms with Gasteiger partial charge in [0, 0.05) is 12.6 Å². The SMILES string of the molecule is CCCS(=O)(=O)NC(C)CCO. The summed E-state index contributed by atoms with van der Waals surface area (Å²) in [6.07, 6.45) is 1.07. The third-order valence-corrected chi connectivity index (χ3v) is 3.12. The summed E-state index contributed by atoms with van der Waals surface area (Å²) < 4.78 is 24.7. The zero-order valence-electron chi connectivity index (χ0n) is 7.58. The van der Waals surface area contributed by atoms with Gasteiger partial charge in [-0.3, -0.25) is 0 Å². The fraction of sp³-hybridized carbons (Fsp3) is 1.00. The van der Waals surface area contributed by atoms with Crippen LogP contribution in [0.15, 0.2) is 0 Å². The van der Waals surface area contributed by atoms with Gasteiger partial charge in [-0.2, -0.15) is 0 Å². The van der Waals surface area contributed by atoms with Gasteiger partial charge in [0.1, 0.15) is 0 Å². The molecule has 0 saturated heterocycles. The van der Waals surface area contributed by atoms with Crippen LogP contribution in [0.25, 0.3) is 0 Å². The molecule has 4 nitrogen and oxygen atoms in total. The van der Waals surface area contributed by atoms with E-state index in [1.165, 1.54) is 0 Å². The number of nitrogens with one attached hydrogen (secondary N) is 1. The van der Waals surface area contributed by atoms with Crippen LogP contribution < -0.4 is 4.72 Å². The molecule has 0 rings (SSSR count). The topological polar surface area (TPSA) is 66.4 Å². The number of aliphatic hydroxyl groups excluding tert-OH is 1. The molecule has 1 atom stereocenters. The minimum absolute atomic E-state index is 0.00973. The van der Waals surface area contributed by atoms with Crippen molar-refractivity contribution < 1.29 is 13.5 Å². The molecule has 0 heterocycles. The summed E-state index contributed by atoms with van der Waals surface area (Å²) in [6.45, 7) is 3.56. The second kappa shape index (κ2) is 5.50. The van der Waals surface area contributed by atoms with Crippen molar-refractivity contribution in [2.24, 2.45) is 0 Å². The summed E-state index contributed by atoms with van der Waals surface area (Å²) in [4.78, 5) is 0. The van der Waals surface area contributed by atoms with Crippen LogP contribution in [-0.4, -0.2) is 31.9 Å². The molecule has 0 saturated carbocycles. The highest BCUT2D eigenvalue weighted by atomic mass is 32.2. The largest absolute Gasteiger partial charge is 0.396 e. The molecule has 0 radical (unpaired) electrons. The zero-order chi connectivity index (χ0) is 9.61. The molecule has 0 spiro atoms. The summed E-state index contributed by atoms with van der Waals surface area (Å²) in [5, 5.41) is 8.53. The number of hydrogen-bond donors (Lipinski definition) is 2. The number of hydrogen-bond acceptors (Lipinski definition) is 3. The Labute approximate surface area is 74.0 Å². The average Bonchev–Trinajstić information content (AvgIpc) is 1.85. The number of sulfonamides is 1. The molecular weight excluding hydrogens is 178 g/mol. The molecule has 2 N–H and O–H groups in total. The Morgan fingerprint density at radius 2 is 2.08 bits per heavy atom. The van der Waals surface area contributed by atoms with E-state index in [4.69, 9.17) is 5.11 Å². The smallest absolute Gasteiger partial charge is 0.211 e. The first-order chi connectivity index (χ1) is 5.52. The summed E-state index contributed by atoms with van der Waals surface area (Å²) in [5.74, 6) is 0.156. The molecule has 0 aliphatic heterocycles. The molecule has 74 valence electrons. The highest BCUT2D eigenvalue weighted by Gasteiger charge is 2.11. The van der Waals surface area contributed by atoms with Crippen molar-refractivity contribution in [1.82, 2.24) is 4.72 Å². The Bertz CT molecular complexity index is 201. The molecule has 0 aromatic rings. The van der Waals surface area contributed by atoms with E-state index in [2.05, 4.69) is 4.72 Å². The van der Waals surface area contributed by atoms with Crippen molar-refractivity contribution in [1.29, 1.82) is 0 Å². The molecule has 0 fully saturated rings. The second-order valence-electron chi connectivity index (χ2n) is 2.85. The Morgan fingerprint density at radius 1 is 1.50 bits per heavy atom. The lowest BCUT2D eigenvalue weighted by atomic mass is 10.3. The molecule has 0 bridgehead atoms. The van der Waals surface area contributed by atoms with Crippen LogP contribution in [0.4, 0.5) is 0 Å². The lowest BCUT2D eigenvalue weighted by Crippen LogP contribution is -2.34. The Hall–Kier alpha value is -0.130. The monoisotopic (exact) mass is 195 g/mol. The van der Waals surface area contributed by atoms with Gasteiger partial charge in [-0.25, -0.2) is 13.1 Å². The first-order valence-corrected chi connectivity index (χ1v) is 5.78. The standard InChI is InChI=1S/C7H17NO3S/c1-3-6-12(10,11)8-7(2)4-5-9/h7-9H,3-6H2,1-2H3. The van der Waals surface area contributed by atoms with Gasteiger partial charge in [0.25, 0.3) is 0 Å². The molecule has 12 heavy (non-hydrogen) atoms. The predicted octanol–water partition coefficient (Wildman–Crippen LogP) is 0.0867. The number of rotatable bonds is 6. The summed E-state index contributed by atoms with van der Waals surface area (Å²) in [6, 6.07) is -0.174. The molecule has 0 aromatic carbocycles. The molecule has 0 aliphatic rings. The van der Waals surface area contributed by atoms with Gasteiger partial charge in [-0.1, -0.05) is 6.92 Å². The quantitative estimate of drug-likeness (QED) is 0.631. The van der Waals surface area contributed by atoms with Crippen LogP contribution in [0.1, 0.15) is 26.7 Å². The van der Waals surface area contributed by atoms with Gasteiger partial charge in [0.05, 0.1) is 5.75 Å². The van der Waals surface area contributed by atoms with Crippen LogP contribution in [0.5, 0.6) is 0 Å². The van der Waals surface area contributed by atoms with Crippen LogP contribution in [0, 0.1) is 0 Å². The lowest BCUT2D eigenvalue weighted by Gasteiger charge is -2.11. The normalized spacial score (nSPS) is 14.6. The third-order valence-electron chi connectivity index (χ3n) is 1.42. The van der Waals surface area contributed by atoms with Crippen molar-refractivity contribution in [3.8, 4) is 0 Å². The van der Waals surface area contributed by atoms with Crippen molar-refractivity contribution >= 4 is 10.0 Å². The van der Waals surface area contributed by atoms with Crippen LogP contribution in [-0.2, 0) is 10.0 Å². The van der Waals surface area contributed by atoms with Crippen molar-refractivity contribution in [3.05, 3.63) is 0 Å². The molecule has 1 unspecified atom stereocenters. The first kappa shape index (κ1) is 11.9. The molecule has 0 aliphatic carbocycles. The molecular formula is C7H17NO3S. The maximum Gasteiger partial charge on any atom is 0.211 e. The van der Waals surface area contributed by atoms with Gasteiger partial charge in [0.2, 0.25) is 10.0 Å². The van der Waals surface area contributed by atoms with E-state index in [1.54, 1.807) is 6.92 Å². The summed E-state index contributed by atoms with van der Waals surface area (Å²) in [7, 11) is -3.11. The fourth-order valence-corrected chi connectivity index (χ4v) is 2.27. The van der Waals surface area contributed by atoms with Gasteiger partial charge >= 0.3 is 0 Å². The molecule has 0 aromatic heterocycles. The number of aliphatic hydroxyl groups is 1. The van der Waals surface area contributed by atoms with Crippen LogP contribution in [0.3, 0.4) is 0 Å². The van der Waals surface area contributed by atoms with E-state index in [0.717, 1.165) is 0 Å². The van der Waals surface area contributed by atoms with Crippen molar-refractivity contribution in [3.63, 3.8) is 0 Å².